The van der Waals surface area contributed by atoms with Gasteiger partial charge in [0.05, 0.1) is 6.54 Å². The standard InChI is InChI=1S/C23H35N5O/c1-3-24-23(25-11-14-26-15-17-27(18-16-26)20(2)29)28-12-9-22(10-13-28)19-21-7-5-4-6-8-21/h4-8,19H,3,9-18H2,1-2H3,(H,24,25). The molecule has 1 N–H and O–H groups in total. The number of nitrogens with one attached hydrogen (secondary N) is 1. The molecule has 3 rings (SSSR count). The molecule has 0 aromatic heterocycles. The number of piperazine rings is 1. The van der Waals surface area contributed by atoms with Crippen molar-refractivity contribution in [3.8, 4) is 0 Å². The van der Waals surface area contributed by atoms with Crippen molar-refractivity contribution in [3.05, 3.63) is 41.5 Å². The Balaban J connectivity index is 1.47. The Morgan fingerprint density at radius 3 is 2.34 bits per heavy atom. The number of benzene rings is 1. The smallest absolute Gasteiger partial charge is 0.219 e. The molecule has 2 saturated heterocycles. The summed E-state index contributed by atoms with van der Waals surface area (Å²) in [6, 6.07) is 10.6. The highest BCUT2D eigenvalue weighted by Gasteiger charge is 2.19. The molecule has 2 heterocycles. The second-order valence-corrected chi connectivity index (χ2v) is 7.78. The maximum absolute atomic E-state index is 11.4. The minimum Gasteiger partial charge on any atom is -0.357 e. The molecule has 0 bridgehead atoms. The van der Waals surface area contributed by atoms with Crippen LogP contribution in [0.5, 0.6) is 0 Å². The molecule has 0 spiro atoms. The molecule has 0 aliphatic carbocycles. The van der Waals surface area contributed by atoms with Gasteiger partial charge < -0.3 is 15.1 Å². The predicted octanol–water partition coefficient (Wildman–Crippen LogP) is 2.30. The lowest BCUT2D eigenvalue weighted by Crippen LogP contribution is -2.49. The van der Waals surface area contributed by atoms with Gasteiger partial charge in [0, 0.05) is 59.3 Å². The summed E-state index contributed by atoms with van der Waals surface area (Å²) in [5.74, 6) is 1.22. The molecule has 1 aromatic carbocycles. The van der Waals surface area contributed by atoms with Crippen molar-refractivity contribution in [2.45, 2.75) is 26.7 Å². The molecule has 0 radical (unpaired) electrons. The van der Waals surface area contributed by atoms with Crippen LogP contribution in [0, 0.1) is 0 Å². The number of nitrogens with zero attached hydrogens (tertiary/aromatic N) is 4. The highest BCUT2D eigenvalue weighted by molar-refractivity contribution is 5.80. The first-order valence-electron chi connectivity index (χ1n) is 10.9. The highest BCUT2D eigenvalue weighted by Crippen LogP contribution is 2.19. The van der Waals surface area contributed by atoms with Crippen molar-refractivity contribution < 1.29 is 4.79 Å². The Kier molecular flexibility index (Phi) is 8.11. The molecule has 6 heteroatoms. The number of hydrogen-bond donors (Lipinski definition) is 1. The van der Waals surface area contributed by atoms with E-state index < -0.39 is 0 Å². The van der Waals surface area contributed by atoms with Crippen LogP contribution in [0.25, 0.3) is 6.08 Å². The van der Waals surface area contributed by atoms with Crippen LogP contribution < -0.4 is 5.32 Å². The van der Waals surface area contributed by atoms with Crippen LogP contribution >= 0.6 is 0 Å². The van der Waals surface area contributed by atoms with Gasteiger partial charge in [-0.3, -0.25) is 14.7 Å². The fourth-order valence-electron chi connectivity index (χ4n) is 3.94. The average molecular weight is 398 g/mol. The first-order valence-corrected chi connectivity index (χ1v) is 10.9. The molecule has 0 saturated carbocycles. The number of likely N-dealkylation sites (tertiary alicyclic amines) is 1. The summed E-state index contributed by atoms with van der Waals surface area (Å²) < 4.78 is 0. The molecule has 29 heavy (non-hydrogen) atoms. The first kappa shape index (κ1) is 21.4. The zero-order valence-corrected chi connectivity index (χ0v) is 17.9. The molecular weight excluding hydrogens is 362 g/mol. The maximum atomic E-state index is 11.4. The van der Waals surface area contributed by atoms with Crippen molar-refractivity contribution in [1.82, 2.24) is 20.0 Å². The minimum absolute atomic E-state index is 0.183. The SMILES string of the molecule is CCNC(=NCCN1CCN(C(C)=O)CC1)N1CCC(=Cc2ccccc2)CC1. The minimum atomic E-state index is 0.183. The second kappa shape index (κ2) is 11.0. The van der Waals surface area contributed by atoms with Crippen molar-refractivity contribution in [1.29, 1.82) is 0 Å². The van der Waals surface area contributed by atoms with Crippen LogP contribution in [0.1, 0.15) is 32.3 Å². The first-order chi connectivity index (χ1) is 14.2. The molecule has 1 amide bonds. The van der Waals surface area contributed by atoms with Crippen molar-refractivity contribution in [2.24, 2.45) is 4.99 Å². The number of rotatable bonds is 5. The molecular formula is C23H35N5O. The van der Waals surface area contributed by atoms with Gasteiger partial charge >= 0.3 is 0 Å². The summed E-state index contributed by atoms with van der Waals surface area (Å²) in [5.41, 5.74) is 2.81. The van der Waals surface area contributed by atoms with E-state index in [1.165, 1.54) is 11.1 Å². The van der Waals surface area contributed by atoms with Crippen LogP contribution in [0.3, 0.4) is 0 Å². The Morgan fingerprint density at radius 2 is 1.72 bits per heavy atom. The van der Waals surface area contributed by atoms with Gasteiger partial charge in [-0.2, -0.15) is 0 Å². The van der Waals surface area contributed by atoms with Gasteiger partial charge in [-0.05, 0) is 25.3 Å². The summed E-state index contributed by atoms with van der Waals surface area (Å²) in [5, 5.41) is 3.46. The quantitative estimate of drug-likeness (QED) is 0.612. The Bertz CT molecular complexity index is 697. The third-order valence-electron chi connectivity index (χ3n) is 5.71. The van der Waals surface area contributed by atoms with Crippen molar-refractivity contribution in [2.75, 3.05) is 58.9 Å². The van der Waals surface area contributed by atoms with Crippen molar-refractivity contribution >= 4 is 17.9 Å². The fraction of sp³-hybridized carbons (Fsp3) is 0.565. The van der Waals surface area contributed by atoms with Crippen LogP contribution in [-0.2, 0) is 4.79 Å². The maximum Gasteiger partial charge on any atom is 0.219 e. The largest absolute Gasteiger partial charge is 0.357 e. The molecule has 2 aliphatic rings. The van der Waals surface area contributed by atoms with Crippen LogP contribution in [0.15, 0.2) is 40.9 Å². The molecule has 6 nitrogen and oxygen atoms in total. The molecule has 0 unspecified atom stereocenters. The highest BCUT2D eigenvalue weighted by atomic mass is 16.2. The van der Waals surface area contributed by atoms with E-state index in [0.29, 0.717) is 0 Å². The molecule has 2 fully saturated rings. The van der Waals surface area contributed by atoms with Gasteiger partial charge in [0.25, 0.3) is 0 Å². The molecule has 2 aliphatic heterocycles. The number of carbonyl (C=O) groups excluding carboxylic acids is 1. The van der Waals surface area contributed by atoms with E-state index in [9.17, 15) is 4.79 Å². The topological polar surface area (TPSA) is 51.2 Å². The van der Waals surface area contributed by atoms with Gasteiger partial charge in [-0.25, -0.2) is 0 Å². The zero-order chi connectivity index (χ0) is 20.5. The van der Waals surface area contributed by atoms with Crippen LogP contribution in [0.4, 0.5) is 0 Å². The summed E-state index contributed by atoms with van der Waals surface area (Å²) in [4.78, 5) is 23.1. The van der Waals surface area contributed by atoms with E-state index in [1.807, 2.05) is 4.90 Å². The van der Waals surface area contributed by atoms with Crippen molar-refractivity contribution in [3.63, 3.8) is 0 Å². The van der Waals surface area contributed by atoms with E-state index in [1.54, 1.807) is 6.92 Å². The summed E-state index contributed by atoms with van der Waals surface area (Å²) >= 11 is 0. The lowest BCUT2D eigenvalue weighted by molar-refractivity contribution is -0.130. The van der Waals surface area contributed by atoms with Gasteiger partial charge in [0.2, 0.25) is 5.91 Å². The second-order valence-electron chi connectivity index (χ2n) is 7.78. The van der Waals surface area contributed by atoms with Gasteiger partial charge in [-0.1, -0.05) is 42.0 Å². The Morgan fingerprint density at radius 1 is 1.03 bits per heavy atom. The van der Waals surface area contributed by atoms with Crippen LogP contribution in [0.2, 0.25) is 0 Å². The van der Waals surface area contributed by atoms with Gasteiger partial charge in [-0.15, -0.1) is 0 Å². The van der Waals surface area contributed by atoms with Crippen LogP contribution in [-0.4, -0.2) is 85.5 Å². The summed E-state index contributed by atoms with van der Waals surface area (Å²) in [6.07, 6.45) is 4.51. The molecule has 1 aromatic rings. The molecule has 0 atom stereocenters. The monoisotopic (exact) mass is 397 g/mol. The molecule has 158 valence electrons. The number of guanidine groups is 1. The lowest BCUT2D eigenvalue weighted by atomic mass is 10.0. The summed E-state index contributed by atoms with van der Waals surface area (Å²) in [6.45, 7) is 12.0. The third kappa shape index (κ3) is 6.60. The van der Waals surface area contributed by atoms with E-state index in [-0.39, 0.29) is 5.91 Å². The number of amides is 1. The number of piperidine rings is 1. The normalized spacial score (nSPS) is 18.7. The third-order valence-corrected chi connectivity index (χ3v) is 5.71. The van der Waals surface area contributed by atoms with Gasteiger partial charge in [0.1, 0.15) is 0 Å². The van der Waals surface area contributed by atoms with E-state index >= 15 is 0 Å². The number of carbonyl (C=O) groups is 1. The number of aliphatic imine (C=N–C) groups is 1. The van der Waals surface area contributed by atoms with E-state index in [0.717, 1.165) is 77.7 Å². The fourth-order valence-corrected chi connectivity index (χ4v) is 3.94. The Hall–Kier alpha value is -2.34. The van der Waals surface area contributed by atoms with E-state index in [2.05, 4.69) is 58.4 Å². The van der Waals surface area contributed by atoms with Gasteiger partial charge in [0.15, 0.2) is 5.96 Å². The summed E-state index contributed by atoms with van der Waals surface area (Å²) in [7, 11) is 0. The Labute approximate surface area is 175 Å². The average Bonchev–Trinajstić information content (AvgIpc) is 2.75. The number of hydrogen-bond acceptors (Lipinski definition) is 3. The lowest BCUT2D eigenvalue weighted by Gasteiger charge is -2.34. The predicted molar refractivity (Wildman–Crippen MR) is 120 cm³/mol. The zero-order valence-electron chi connectivity index (χ0n) is 17.9. The van der Waals surface area contributed by atoms with E-state index in [4.69, 9.17) is 4.99 Å².